The van der Waals surface area contributed by atoms with Gasteiger partial charge in [0.1, 0.15) is 11.2 Å². The molecule has 0 unspecified atom stereocenters. The number of nitrogens with zero attached hydrogens (tertiary/aromatic N) is 2. The first-order valence-corrected chi connectivity index (χ1v) is 13.5. The average Bonchev–Trinajstić information content (AvgIpc) is 2.76. The van der Waals surface area contributed by atoms with E-state index in [9.17, 15) is 19.2 Å². The van der Waals surface area contributed by atoms with Crippen molar-refractivity contribution in [3.8, 4) is 0 Å². The lowest BCUT2D eigenvalue weighted by molar-refractivity contribution is 0.00420. The summed E-state index contributed by atoms with van der Waals surface area (Å²) in [7, 11) is 0. The van der Waals surface area contributed by atoms with E-state index in [1.165, 1.54) is 6.07 Å². The molecule has 0 saturated heterocycles. The molecule has 0 bridgehead atoms. The molecule has 208 valence electrons. The van der Waals surface area contributed by atoms with Crippen molar-refractivity contribution >= 4 is 12.2 Å². The zero-order valence-electron chi connectivity index (χ0n) is 23.2. The fourth-order valence-electron chi connectivity index (χ4n) is 5.30. The molecule has 0 atom stereocenters. The summed E-state index contributed by atoms with van der Waals surface area (Å²) in [6.45, 7) is 11.8. The summed E-state index contributed by atoms with van der Waals surface area (Å²) >= 11 is 0. The molecule has 0 spiro atoms. The van der Waals surface area contributed by atoms with Crippen molar-refractivity contribution < 1.29 is 19.1 Å². The third-order valence-electron chi connectivity index (χ3n) is 7.00. The van der Waals surface area contributed by atoms with Gasteiger partial charge in [0.25, 0.3) is 5.56 Å². The lowest BCUT2D eigenvalue weighted by Crippen LogP contribution is -2.50. The number of carbonyl (C=O) groups is 2. The van der Waals surface area contributed by atoms with Gasteiger partial charge < -0.3 is 19.7 Å². The number of hydrogen-bond donors (Lipinski definition) is 2. The summed E-state index contributed by atoms with van der Waals surface area (Å²) in [5, 5.41) is 2.97. The monoisotopic (exact) mass is 520 g/mol. The molecule has 0 aliphatic heterocycles. The highest BCUT2D eigenvalue weighted by Crippen LogP contribution is 2.34. The summed E-state index contributed by atoms with van der Waals surface area (Å²) in [4.78, 5) is 53.2. The van der Waals surface area contributed by atoms with Crippen molar-refractivity contribution in [2.45, 2.75) is 122 Å². The topological polar surface area (TPSA) is 123 Å². The van der Waals surface area contributed by atoms with E-state index in [0.29, 0.717) is 12.5 Å². The first-order chi connectivity index (χ1) is 17.2. The van der Waals surface area contributed by atoms with Gasteiger partial charge in [-0.3, -0.25) is 14.3 Å². The van der Waals surface area contributed by atoms with E-state index in [1.807, 2.05) is 46.4 Å². The van der Waals surface area contributed by atoms with Gasteiger partial charge >= 0.3 is 17.9 Å². The van der Waals surface area contributed by atoms with Gasteiger partial charge in [0.2, 0.25) is 0 Å². The van der Waals surface area contributed by atoms with Gasteiger partial charge in [0.05, 0.1) is 0 Å². The van der Waals surface area contributed by atoms with Crippen LogP contribution in [0.2, 0.25) is 0 Å². The Balaban J connectivity index is 1.60. The van der Waals surface area contributed by atoms with Crippen molar-refractivity contribution in [2.75, 3.05) is 6.54 Å². The van der Waals surface area contributed by atoms with Crippen LogP contribution in [-0.2, 0) is 9.47 Å². The molecule has 10 heteroatoms. The predicted molar refractivity (Wildman–Crippen MR) is 141 cm³/mol. The highest BCUT2D eigenvalue weighted by molar-refractivity contribution is 5.69. The van der Waals surface area contributed by atoms with Crippen LogP contribution in [0.3, 0.4) is 0 Å². The van der Waals surface area contributed by atoms with Gasteiger partial charge in [0, 0.05) is 36.9 Å². The Hall–Kier alpha value is -2.78. The van der Waals surface area contributed by atoms with E-state index >= 15 is 0 Å². The molecular weight excluding hydrogens is 476 g/mol. The molecule has 1 heterocycles. The predicted octanol–water partition coefficient (Wildman–Crippen LogP) is 4.34. The van der Waals surface area contributed by atoms with Crippen molar-refractivity contribution in [3.63, 3.8) is 0 Å². The van der Waals surface area contributed by atoms with Crippen molar-refractivity contribution in [1.82, 2.24) is 19.8 Å². The third kappa shape index (κ3) is 8.93. The summed E-state index contributed by atoms with van der Waals surface area (Å²) < 4.78 is 12.8. The van der Waals surface area contributed by atoms with E-state index in [-0.39, 0.29) is 35.5 Å². The number of rotatable bonds is 5. The molecule has 1 aromatic heterocycles. The number of H-pyrrole nitrogens is 1. The zero-order chi connectivity index (χ0) is 27.4. The van der Waals surface area contributed by atoms with E-state index in [0.717, 1.165) is 51.4 Å². The largest absolute Gasteiger partial charge is 0.444 e. The molecule has 0 aromatic carbocycles. The number of aromatic amines is 1. The Morgan fingerprint density at radius 2 is 1.54 bits per heavy atom. The number of aromatic nitrogens is 2. The normalized spacial score (nSPS) is 24.7. The van der Waals surface area contributed by atoms with Crippen molar-refractivity contribution in [3.05, 3.63) is 33.1 Å². The third-order valence-corrected chi connectivity index (χ3v) is 7.00. The van der Waals surface area contributed by atoms with Crippen molar-refractivity contribution in [2.24, 2.45) is 5.92 Å². The SMILES string of the molecule is CC(C)(C)OC(=O)N[C@H]1CC[C@H](N(C[C@H]2CC[C@H](n3ccc(=O)[nH]c3=O)CC2)C(=O)OC(C)(C)C)CC1. The van der Waals surface area contributed by atoms with Crippen LogP contribution in [0, 0.1) is 5.92 Å². The van der Waals surface area contributed by atoms with Crippen LogP contribution >= 0.6 is 0 Å². The highest BCUT2D eigenvalue weighted by Gasteiger charge is 2.35. The summed E-state index contributed by atoms with van der Waals surface area (Å²) in [6, 6.07) is 1.50. The van der Waals surface area contributed by atoms with Gasteiger partial charge in [-0.1, -0.05) is 0 Å². The van der Waals surface area contributed by atoms with Crippen LogP contribution in [0.5, 0.6) is 0 Å². The lowest BCUT2D eigenvalue weighted by Gasteiger charge is -2.40. The quantitative estimate of drug-likeness (QED) is 0.595. The fraction of sp³-hybridized carbons (Fsp3) is 0.778. The molecule has 2 saturated carbocycles. The summed E-state index contributed by atoms with van der Waals surface area (Å²) in [5.41, 5.74) is -1.89. The molecule has 37 heavy (non-hydrogen) atoms. The lowest BCUT2D eigenvalue weighted by atomic mass is 9.84. The second-order valence-electron chi connectivity index (χ2n) is 12.5. The minimum atomic E-state index is -0.589. The van der Waals surface area contributed by atoms with Crippen LogP contribution in [0.1, 0.15) is 99.0 Å². The molecule has 2 fully saturated rings. The maximum atomic E-state index is 13.2. The van der Waals surface area contributed by atoms with Gasteiger partial charge in [-0.15, -0.1) is 0 Å². The number of nitrogens with one attached hydrogen (secondary N) is 2. The number of ether oxygens (including phenoxy) is 2. The molecule has 10 nitrogen and oxygen atoms in total. The van der Waals surface area contributed by atoms with Gasteiger partial charge in [-0.05, 0) is 98.8 Å². The van der Waals surface area contributed by atoms with E-state index in [1.54, 1.807) is 10.8 Å². The fourth-order valence-corrected chi connectivity index (χ4v) is 5.30. The minimum absolute atomic E-state index is 0.0256. The molecule has 1 aromatic rings. The van der Waals surface area contributed by atoms with E-state index in [4.69, 9.17) is 9.47 Å². The first-order valence-electron chi connectivity index (χ1n) is 13.5. The van der Waals surface area contributed by atoms with Crippen molar-refractivity contribution in [1.29, 1.82) is 0 Å². The first kappa shape index (κ1) is 28.8. The van der Waals surface area contributed by atoms with E-state index in [2.05, 4.69) is 10.3 Å². The smallest absolute Gasteiger partial charge is 0.410 e. The second-order valence-corrected chi connectivity index (χ2v) is 12.5. The van der Waals surface area contributed by atoms with Crippen LogP contribution in [0.4, 0.5) is 9.59 Å². The van der Waals surface area contributed by atoms with Crippen LogP contribution < -0.4 is 16.6 Å². The second kappa shape index (κ2) is 11.7. The average molecular weight is 521 g/mol. The minimum Gasteiger partial charge on any atom is -0.444 e. The summed E-state index contributed by atoms with van der Waals surface area (Å²) in [6.07, 6.45) is 7.35. The molecule has 2 aliphatic rings. The number of hydrogen-bond acceptors (Lipinski definition) is 6. The zero-order valence-corrected chi connectivity index (χ0v) is 23.2. The maximum absolute atomic E-state index is 13.2. The van der Waals surface area contributed by atoms with E-state index < -0.39 is 17.3 Å². The van der Waals surface area contributed by atoms with Gasteiger partial charge in [-0.25, -0.2) is 14.4 Å². The summed E-state index contributed by atoms with van der Waals surface area (Å²) in [5.74, 6) is 0.305. The molecule has 2 aliphatic carbocycles. The number of alkyl carbamates (subject to hydrolysis) is 1. The highest BCUT2D eigenvalue weighted by atomic mass is 16.6. The molecule has 0 radical (unpaired) electrons. The molecule has 3 rings (SSSR count). The number of carbonyl (C=O) groups excluding carboxylic acids is 2. The van der Waals surface area contributed by atoms with Crippen LogP contribution in [0.25, 0.3) is 0 Å². The Labute approximate surface area is 219 Å². The Morgan fingerprint density at radius 1 is 0.946 bits per heavy atom. The maximum Gasteiger partial charge on any atom is 0.410 e. The Bertz CT molecular complexity index is 1030. The number of amides is 2. The van der Waals surface area contributed by atoms with Crippen LogP contribution in [0.15, 0.2) is 21.9 Å². The standard InChI is InChI=1S/C27H44N4O6/c1-26(2,3)36-24(34)28-19-9-13-21(14-10-19)31(25(35)37-27(4,5)6)17-18-7-11-20(12-8-18)30-16-15-22(32)29-23(30)33/h15-16,18-21H,7-14,17H2,1-6H3,(H,28,34)(H,29,32,33)/t18-,19-,20-,21-. The van der Waals surface area contributed by atoms with Gasteiger partial charge in [-0.2, -0.15) is 0 Å². The molecule has 2 N–H and O–H groups in total. The molecular formula is C27H44N4O6. The van der Waals surface area contributed by atoms with Gasteiger partial charge in [0.15, 0.2) is 0 Å². The Kier molecular flexibility index (Phi) is 9.13. The Morgan fingerprint density at radius 3 is 2.08 bits per heavy atom. The molecule has 2 amide bonds. The van der Waals surface area contributed by atoms with Crippen LogP contribution in [-0.4, -0.2) is 56.5 Å².